The number of hydrogen-bond acceptors (Lipinski definition) is 2. The van der Waals surface area contributed by atoms with Crippen molar-refractivity contribution >= 4 is 30.1 Å². The van der Waals surface area contributed by atoms with Gasteiger partial charge in [-0.25, -0.2) is 0 Å². The molecule has 2 atom stereocenters. The number of β-lactam (4-membered cyclic amide) rings is 1. The van der Waals surface area contributed by atoms with E-state index in [0.29, 0.717) is 0 Å². The number of halogens is 1. The zero-order valence-electron chi connectivity index (χ0n) is 6.70. The minimum Gasteiger partial charge on any atom is -0.338 e. The predicted octanol–water partition coefficient (Wildman–Crippen LogP) is 1.75. The van der Waals surface area contributed by atoms with E-state index in [0.717, 1.165) is 10.5 Å². The lowest BCUT2D eigenvalue weighted by atomic mass is 9.92. The summed E-state index contributed by atoms with van der Waals surface area (Å²) >= 11 is 10.0. The normalized spacial score (nSPS) is 26.5. The van der Waals surface area contributed by atoms with Gasteiger partial charge < -0.3 is 5.32 Å². The van der Waals surface area contributed by atoms with Crippen LogP contribution in [0.2, 0.25) is 0 Å². The van der Waals surface area contributed by atoms with Crippen molar-refractivity contribution in [1.82, 2.24) is 5.32 Å². The summed E-state index contributed by atoms with van der Waals surface area (Å²) < 4.78 is 0. The molecule has 0 radical (unpaired) electrons. The summed E-state index contributed by atoms with van der Waals surface area (Å²) in [6, 6.07) is 7.49. The molecule has 2 unspecified atom stereocenters. The van der Waals surface area contributed by atoms with E-state index in [4.69, 9.17) is 11.6 Å². The van der Waals surface area contributed by atoms with Crippen LogP contribution in [0.5, 0.6) is 0 Å². The molecule has 4 heteroatoms. The fourth-order valence-electron chi connectivity index (χ4n) is 1.38. The zero-order valence-corrected chi connectivity index (χ0v) is 8.35. The van der Waals surface area contributed by atoms with Crippen LogP contribution < -0.4 is 5.32 Å². The van der Waals surface area contributed by atoms with Crippen LogP contribution in [0.1, 0.15) is 11.5 Å². The summed E-state index contributed by atoms with van der Waals surface area (Å²) in [6.45, 7) is 0. The maximum atomic E-state index is 11.1. The Morgan fingerprint density at radius 3 is 2.77 bits per heavy atom. The van der Waals surface area contributed by atoms with E-state index >= 15 is 0 Å². The molecule has 1 amide bonds. The molecular weight excluding hydrogens is 206 g/mol. The van der Waals surface area contributed by atoms with E-state index in [2.05, 4.69) is 17.9 Å². The van der Waals surface area contributed by atoms with Crippen LogP contribution in [-0.2, 0) is 4.79 Å². The Morgan fingerprint density at radius 1 is 1.46 bits per heavy atom. The highest BCUT2D eigenvalue weighted by molar-refractivity contribution is 7.80. The molecule has 1 saturated heterocycles. The van der Waals surface area contributed by atoms with Crippen molar-refractivity contribution in [3.63, 3.8) is 0 Å². The number of nitrogens with one attached hydrogen (secondary N) is 1. The molecule has 13 heavy (non-hydrogen) atoms. The lowest BCUT2D eigenvalue weighted by Crippen LogP contribution is -2.52. The monoisotopic (exact) mass is 213 g/mol. The maximum Gasteiger partial charge on any atom is 0.232 e. The van der Waals surface area contributed by atoms with E-state index in [9.17, 15) is 4.79 Å². The molecule has 0 aliphatic carbocycles. The first-order valence-electron chi connectivity index (χ1n) is 3.92. The van der Waals surface area contributed by atoms with Gasteiger partial charge in [-0.2, -0.15) is 0 Å². The molecule has 2 rings (SSSR count). The third kappa shape index (κ3) is 1.54. The second-order valence-electron chi connectivity index (χ2n) is 2.98. The first kappa shape index (κ1) is 8.91. The van der Waals surface area contributed by atoms with Gasteiger partial charge in [0.15, 0.2) is 0 Å². The third-order valence-corrected chi connectivity index (χ3v) is 2.72. The summed E-state index contributed by atoms with van der Waals surface area (Å²) in [5.74, 6) is -0.229. The van der Waals surface area contributed by atoms with Gasteiger partial charge in [0.1, 0.15) is 5.50 Å². The van der Waals surface area contributed by atoms with Crippen LogP contribution in [-0.4, -0.2) is 11.4 Å². The predicted molar refractivity (Wildman–Crippen MR) is 54.2 cm³/mol. The highest BCUT2D eigenvalue weighted by atomic mass is 35.5. The quantitative estimate of drug-likeness (QED) is 0.317. The van der Waals surface area contributed by atoms with Crippen LogP contribution in [0.15, 0.2) is 29.2 Å². The molecule has 0 spiro atoms. The largest absolute Gasteiger partial charge is 0.338 e. The number of carbonyl (C=O) groups excluding carboxylic acids is 1. The molecule has 2 nitrogen and oxygen atoms in total. The minimum atomic E-state index is -0.275. The molecule has 1 fully saturated rings. The van der Waals surface area contributed by atoms with Crippen molar-refractivity contribution in [1.29, 1.82) is 0 Å². The molecule has 1 heterocycles. The fourth-order valence-corrected chi connectivity index (χ4v) is 1.99. The van der Waals surface area contributed by atoms with Crippen molar-refractivity contribution in [2.45, 2.75) is 16.3 Å². The molecule has 1 aromatic rings. The maximum absolute atomic E-state index is 11.1. The standard InChI is InChI=1S/C9H8ClNOS/c10-8-7(9(12)11-8)5-2-1-3-6(13)4-5/h1-4,7-8,13H,(H,11,12). The summed E-state index contributed by atoms with van der Waals surface area (Å²) in [6.07, 6.45) is 0. The van der Waals surface area contributed by atoms with Gasteiger partial charge in [0, 0.05) is 4.90 Å². The lowest BCUT2D eigenvalue weighted by molar-refractivity contribution is -0.128. The Bertz CT molecular complexity index is 355. The van der Waals surface area contributed by atoms with Gasteiger partial charge in [-0.1, -0.05) is 23.7 Å². The second-order valence-corrected chi connectivity index (χ2v) is 3.97. The fraction of sp³-hybridized carbons (Fsp3) is 0.222. The molecule has 1 aliphatic rings. The second kappa shape index (κ2) is 3.24. The summed E-state index contributed by atoms with van der Waals surface area (Å²) in [5, 5.41) is 2.58. The van der Waals surface area contributed by atoms with Crippen molar-refractivity contribution in [3.8, 4) is 0 Å². The number of amides is 1. The van der Waals surface area contributed by atoms with Crippen LogP contribution >= 0.6 is 24.2 Å². The van der Waals surface area contributed by atoms with Gasteiger partial charge in [0.2, 0.25) is 5.91 Å². The highest BCUT2D eigenvalue weighted by Crippen LogP contribution is 2.30. The van der Waals surface area contributed by atoms with Gasteiger partial charge in [0.25, 0.3) is 0 Å². The molecule has 0 aromatic heterocycles. The number of rotatable bonds is 1. The molecule has 0 saturated carbocycles. The SMILES string of the molecule is O=C1NC(Cl)C1c1cccc(S)c1. The van der Waals surface area contributed by atoms with Gasteiger partial charge >= 0.3 is 0 Å². The van der Waals surface area contributed by atoms with Gasteiger partial charge in [-0.05, 0) is 17.7 Å². The number of thiol groups is 1. The molecule has 68 valence electrons. The van der Waals surface area contributed by atoms with E-state index in [-0.39, 0.29) is 17.3 Å². The van der Waals surface area contributed by atoms with Crippen LogP contribution in [0.25, 0.3) is 0 Å². The molecule has 1 N–H and O–H groups in total. The van der Waals surface area contributed by atoms with Crippen LogP contribution in [0.4, 0.5) is 0 Å². The summed E-state index contributed by atoms with van der Waals surface area (Å²) in [5.41, 5.74) is 0.652. The Kier molecular flexibility index (Phi) is 2.22. The number of hydrogen-bond donors (Lipinski definition) is 2. The number of alkyl halides is 1. The van der Waals surface area contributed by atoms with Crippen molar-refractivity contribution in [2.24, 2.45) is 0 Å². The van der Waals surface area contributed by atoms with Crippen molar-refractivity contribution in [3.05, 3.63) is 29.8 Å². The Morgan fingerprint density at radius 2 is 2.23 bits per heavy atom. The first-order chi connectivity index (χ1) is 6.18. The van der Waals surface area contributed by atoms with E-state index in [1.807, 2.05) is 24.3 Å². The van der Waals surface area contributed by atoms with E-state index in [1.165, 1.54) is 0 Å². The van der Waals surface area contributed by atoms with E-state index in [1.54, 1.807) is 0 Å². The van der Waals surface area contributed by atoms with Gasteiger partial charge in [0.05, 0.1) is 5.92 Å². The van der Waals surface area contributed by atoms with Gasteiger partial charge in [-0.15, -0.1) is 12.6 Å². The smallest absolute Gasteiger partial charge is 0.232 e. The number of benzene rings is 1. The van der Waals surface area contributed by atoms with Gasteiger partial charge in [-0.3, -0.25) is 4.79 Å². The first-order valence-corrected chi connectivity index (χ1v) is 4.80. The van der Waals surface area contributed by atoms with Crippen LogP contribution in [0.3, 0.4) is 0 Å². The minimum absolute atomic E-state index is 0.0149. The average Bonchev–Trinajstić information content (AvgIpc) is 2.03. The molecule has 1 aliphatic heterocycles. The van der Waals surface area contributed by atoms with Crippen LogP contribution in [0, 0.1) is 0 Å². The third-order valence-electron chi connectivity index (χ3n) is 2.08. The molecule has 0 bridgehead atoms. The summed E-state index contributed by atoms with van der Waals surface area (Å²) in [4.78, 5) is 12.0. The Labute approximate surface area is 86.7 Å². The Balaban J connectivity index is 2.30. The average molecular weight is 214 g/mol. The van der Waals surface area contributed by atoms with E-state index < -0.39 is 0 Å². The van der Waals surface area contributed by atoms with Crippen molar-refractivity contribution < 1.29 is 4.79 Å². The molecule has 1 aromatic carbocycles. The highest BCUT2D eigenvalue weighted by Gasteiger charge is 2.38. The zero-order chi connectivity index (χ0) is 9.42. The molecular formula is C9H8ClNOS. The number of carbonyl (C=O) groups is 1. The summed E-state index contributed by atoms with van der Waals surface area (Å²) in [7, 11) is 0. The lowest BCUT2D eigenvalue weighted by Gasteiger charge is -2.32. The topological polar surface area (TPSA) is 29.1 Å². The Hall–Kier alpha value is -0.670. The van der Waals surface area contributed by atoms with Crippen molar-refractivity contribution in [2.75, 3.05) is 0 Å².